The lowest BCUT2D eigenvalue weighted by molar-refractivity contribution is -0.106. The Bertz CT molecular complexity index is 390. The summed E-state index contributed by atoms with van der Waals surface area (Å²) < 4.78 is 5.15. The monoisotopic (exact) mass is 206 g/mol. The van der Waals surface area contributed by atoms with Gasteiger partial charge in [0.15, 0.2) is 0 Å². The average Bonchev–Trinajstić information content (AvgIpc) is 2.61. The van der Waals surface area contributed by atoms with Gasteiger partial charge >= 0.3 is 0 Å². The maximum absolute atomic E-state index is 10.5. The molecular formula is C11H14N2O2. The molecule has 0 fully saturated rings. The second-order valence-corrected chi connectivity index (χ2v) is 3.59. The van der Waals surface area contributed by atoms with Crippen molar-refractivity contribution < 1.29 is 9.53 Å². The molecule has 1 aromatic carbocycles. The largest absolute Gasteiger partial charge is 0.495 e. The summed E-state index contributed by atoms with van der Waals surface area (Å²) in [5.74, 6) is 0.710. The van der Waals surface area contributed by atoms with Gasteiger partial charge in [-0.15, -0.1) is 0 Å². The molecule has 0 bridgehead atoms. The first kappa shape index (κ1) is 9.83. The van der Waals surface area contributed by atoms with Gasteiger partial charge in [-0.2, -0.15) is 0 Å². The molecule has 0 amide bonds. The molecule has 0 saturated carbocycles. The molecule has 15 heavy (non-hydrogen) atoms. The molecule has 0 spiro atoms. The summed E-state index contributed by atoms with van der Waals surface area (Å²) in [6.45, 7) is 1.31. The second-order valence-electron chi connectivity index (χ2n) is 3.59. The zero-order chi connectivity index (χ0) is 10.8. The molecule has 4 heteroatoms. The topological polar surface area (TPSA) is 55.6 Å². The van der Waals surface area contributed by atoms with Gasteiger partial charge in [0.2, 0.25) is 0 Å². The number of benzene rings is 1. The number of hydrogen-bond acceptors (Lipinski definition) is 4. The molecule has 4 nitrogen and oxygen atoms in total. The molecule has 0 aromatic heterocycles. The molecule has 80 valence electrons. The Hall–Kier alpha value is -1.71. The van der Waals surface area contributed by atoms with E-state index in [0.717, 1.165) is 24.9 Å². The van der Waals surface area contributed by atoms with Crippen molar-refractivity contribution in [2.45, 2.75) is 6.42 Å². The van der Waals surface area contributed by atoms with E-state index in [1.54, 1.807) is 7.11 Å². The third-order valence-corrected chi connectivity index (χ3v) is 2.72. The van der Waals surface area contributed by atoms with Crippen molar-refractivity contribution in [3.63, 3.8) is 0 Å². The Morgan fingerprint density at radius 3 is 3.07 bits per heavy atom. The van der Waals surface area contributed by atoms with E-state index in [2.05, 4.69) is 0 Å². The van der Waals surface area contributed by atoms with Gasteiger partial charge in [0, 0.05) is 12.2 Å². The number of aldehydes is 1. The molecule has 0 aliphatic carbocycles. The van der Waals surface area contributed by atoms with Gasteiger partial charge in [0.1, 0.15) is 12.0 Å². The van der Waals surface area contributed by atoms with Crippen LogP contribution < -0.4 is 15.4 Å². The fourth-order valence-corrected chi connectivity index (χ4v) is 1.95. The predicted octanol–water partition coefficient (Wildman–Crippen LogP) is 0.839. The summed E-state index contributed by atoms with van der Waals surface area (Å²) in [6.07, 6.45) is 1.86. The molecule has 0 radical (unpaired) electrons. The van der Waals surface area contributed by atoms with E-state index in [4.69, 9.17) is 10.5 Å². The summed E-state index contributed by atoms with van der Waals surface area (Å²) in [5.41, 5.74) is 8.70. The van der Waals surface area contributed by atoms with Crippen molar-refractivity contribution in [2.24, 2.45) is 0 Å². The molecule has 2 rings (SSSR count). The molecule has 0 atom stereocenters. The number of methoxy groups -OCH3 is 1. The Balaban J connectivity index is 2.38. The minimum atomic E-state index is 0.429. The van der Waals surface area contributed by atoms with Crippen molar-refractivity contribution in [3.8, 4) is 5.75 Å². The number of carbonyl (C=O) groups is 1. The van der Waals surface area contributed by atoms with Gasteiger partial charge < -0.3 is 20.2 Å². The van der Waals surface area contributed by atoms with Crippen LogP contribution in [0.5, 0.6) is 5.75 Å². The van der Waals surface area contributed by atoms with Crippen molar-refractivity contribution in [3.05, 3.63) is 17.7 Å². The zero-order valence-electron chi connectivity index (χ0n) is 8.69. The van der Waals surface area contributed by atoms with Crippen LogP contribution in [0.2, 0.25) is 0 Å². The van der Waals surface area contributed by atoms with Crippen LogP contribution in [0.4, 0.5) is 11.4 Å². The minimum Gasteiger partial charge on any atom is -0.495 e. The van der Waals surface area contributed by atoms with Crippen LogP contribution in [-0.4, -0.2) is 26.5 Å². The number of hydrogen-bond donors (Lipinski definition) is 1. The van der Waals surface area contributed by atoms with E-state index < -0.39 is 0 Å². The van der Waals surface area contributed by atoms with E-state index >= 15 is 0 Å². The number of nitrogens with two attached hydrogens (primary N) is 1. The third-order valence-electron chi connectivity index (χ3n) is 2.72. The van der Waals surface area contributed by atoms with Crippen LogP contribution in [0.3, 0.4) is 0 Å². The average molecular weight is 206 g/mol. The molecular weight excluding hydrogens is 192 g/mol. The fourth-order valence-electron chi connectivity index (χ4n) is 1.95. The van der Waals surface area contributed by atoms with E-state index in [1.165, 1.54) is 5.56 Å². The van der Waals surface area contributed by atoms with E-state index in [1.807, 2.05) is 17.0 Å². The number of ether oxygens (including phenoxy) is 1. The van der Waals surface area contributed by atoms with Crippen LogP contribution in [0.25, 0.3) is 0 Å². The smallest absolute Gasteiger partial charge is 0.142 e. The fraction of sp³-hybridized carbons (Fsp3) is 0.364. The third kappa shape index (κ3) is 1.63. The quantitative estimate of drug-likeness (QED) is 0.588. The summed E-state index contributed by atoms with van der Waals surface area (Å²) in [6, 6.07) is 3.83. The maximum atomic E-state index is 10.5. The number of rotatable bonds is 3. The van der Waals surface area contributed by atoms with Gasteiger partial charge in [0.05, 0.1) is 19.3 Å². The Labute approximate surface area is 88.6 Å². The van der Waals surface area contributed by atoms with Crippen molar-refractivity contribution in [1.82, 2.24) is 0 Å². The van der Waals surface area contributed by atoms with Crippen LogP contribution in [0, 0.1) is 0 Å². The molecule has 2 N–H and O–H groups in total. The maximum Gasteiger partial charge on any atom is 0.142 e. The highest BCUT2D eigenvalue weighted by Crippen LogP contribution is 2.35. The summed E-state index contributed by atoms with van der Waals surface area (Å²) in [5, 5.41) is 0. The number of nitrogen functional groups attached to an aromatic ring is 1. The van der Waals surface area contributed by atoms with Crippen LogP contribution in [-0.2, 0) is 11.2 Å². The minimum absolute atomic E-state index is 0.429. The molecule has 0 saturated heterocycles. The van der Waals surface area contributed by atoms with Gasteiger partial charge in [-0.3, -0.25) is 0 Å². The number of nitrogens with zero attached hydrogens (tertiary/aromatic N) is 1. The predicted molar refractivity (Wildman–Crippen MR) is 59.4 cm³/mol. The molecule has 1 heterocycles. The summed E-state index contributed by atoms with van der Waals surface area (Å²) in [4.78, 5) is 12.5. The zero-order valence-corrected chi connectivity index (χ0v) is 8.69. The van der Waals surface area contributed by atoms with Crippen LogP contribution in [0.1, 0.15) is 5.56 Å². The molecule has 0 unspecified atom stereocenters. The van der Waals surface area contributed by atoms with Crippen LogP contribution >= 0.6 is 0 Å². The first-order chi connectivity index (χ1) is 7.26. The number of fused-ring (bicyclic) bond motifs is 1. The van der Waals surface area contributed by atoms with E-state index in [9.17, 15) is 4.79 Å². The Morgan fingerprint density at radius 2 is 2.40 bits per heavy atom. The molecule has 1 aliphatic rings. The summed E-state index contributed by atoms with van der Waals surface area (Å²) >= 11 is 0. The van der Waals surface area contributed by atoms with E-state index in [-0.39, 0.29) is 0 Å². The number of carbonyl (C=O) groups excluding carboxylic acids is 1. The Morgan fingerprint density at radius 1 is 1.60 bits per heavy atom. The standard InChI is InChI=1S/C11H14N2O2/c1-15-11-6-8-2-3-13(4-5-14)10(8)7-9(11)12/h5-7H,2-4,12H2,1H3. The van der Waals surface area contributed by atoms with Crippen LogP contribution in [0.15, 0.2) is 12.1 Å². The lowest BCUT2D eigenvalue weighted by Gasteiger charge is -2.16. The van der Waals surface area contributed by atoms with Gasteiger partial charge in [-0.1, -0.05) is 0 Å². The highest BCUT2D eigenvalue weighted by Gasteiger charge is 2.20. The van der Waals surface area contributed by atoms with Gasteiger partial charge in [0.25, 0.3) is 0 Å². The lowest BCUT2D eigenvalue weighted by atomic mass is 10.1. The van der Waals surface area contributed by atoms with Crippen molar-refractivity contribution in [1.29, 1.82) is 0 Å². The highest BCUT2D eigenvalue weighted by atomic mass is 16.5. The van der Waals surface area contributed by atoms with Crippen molar-refractivity contribution >= 4 is 17.7 Å². The highest BCUT2D eigenvalue weighted by molar-refractivity contribution is 5.72. The number of anilines is 2. The SMILES string of the molecule is COc1cc2c(cc1N)N(CC=O)CC2. The summed E-state index contributed by atoms with van der Waals surface area (Å²) in [7, 11) is 1.61. The normalized spacial score (nSPS) is 13.8. The lowest BCUT2D eigenvalue weighted by Crippen LogP contribution is -2.22. The van der Waals surface area contributed by atoms with Gasteiger partial charge in [-0.05, 0) is 24.1 Å². The first-order valence-electron chi connectivity index (χ1n) is 4.91. The van der Waals surface area contributed by atoms with E-state index in [0.29, 0.717) is 18.0 Å². The second kappa shape index (κ2) is 3.81. The van der Waals surface area contributed by atoms with Crippen molar-refractivity contribution in [2.75, 3.05) is 30.8 Å². The molecule has 1 aromatic rings. The first-order valence-corrected chi connectivity index (χ1v) is 4.91. The molecule has 1 aliphatic heterocycles. The Kier molecular flexibility index (Phi) is 2.49. The van der Waals surface area contributed by atoms with Gasteiger partial charge in [-0.25, -0.2) is 0 Å².